The Morgan fingerprint density at radius 2 is 1.67 bits per heavy atom. The third-order valence-electron chi connectivity index (χ3n) is 5.08. The van der Waals surface area contributed by atoms with Crippen LogP contribution in [0.25, 0.3) is 10.2 Å². The number of fused-ring (bicyclic) bond motifs is 1. The van der Waals surface area contributed by atoms with Crippen LogP contribution in [-0.4, -0.2) is 44.3 Å². The van der Waals surface area contributed by atoms with E-state index in [1.165, 1.54) is 18.4 Å². The summed E-state index contributed by atoms with van der Waals surface area (Å²) >= 11 is 1.35. The summed E-state index contributed by atoms with van der Waals surface area (Å²) in [6, 6.07) is 12.5. The lowest BCUT2D eigenvalue weighted by Gasteiger charge is -2.21. The average Bonchev–Trinajstić information content (AvgIpc) is 3.31. The van der Waals surface area contributed by atoms with Gasteiger partial charge < -0.3 is 18.9 Å². The Balaban J connectivity index is 1.87. The molecule has 0 unspecified atom stereocenters. The van der Waals surface area contributed by atoms with E-state index in [0.717, 1.165) is 10.3 Å². The highest BCUT2D eigenvalue weighted by molar-refractivity contribution is 7.22. The van der Waals surface area contributed by atoms with Crippen LogP contribution in [0.3, 0.4) is 0 Å². The van der Waals surface area contributed by atoms with Gasteiger partial charge in [0.2, 0.25) is 0 Å². The molecule has 2 aromatic carbocycles. The molecule has 1 amide bonds. The Hall–Kier alpha value is -3.85. The van der Waals surface area contributed by atoms with Crippen molar-refractivity contribution in [1.82, 2.24) is 9.97 Å². The fourth-order valence-electron chi connectivity index (χ4n) is 3.42. The van der Waals surface area contributed by atoms with Gasteiger partial charge in [-0.2, -0.15) is 0 Å². The summed E-state index contributed by atoms with van der Waals surface area (Å²) in [6.45, 7) is 0.261. The summed E-state index contributed by atoms with van der Waals surface area (Å²) in [7, 11) is 6.26. The number of nitrogens with zero attached hydrogens (tertiary/aromatic N) is 3. The van der Waals surface area contributed by atoms with E-state index < -0.39 is 0 Å². The molecular weight excluding hydrogens is 442 g/mol. The number of pyridine rings is 1. The quantitative estimate of drug-likeness (QED) is 0.377. The van der Waals surface area contributed by atoms with Crippen LogP contribution < -0.4 is 23.8 Å². The second kappa shape index (κ2) is 9.74. The van der Waals surface area contributed by atoms with Gasteiger partial charge in [-0.25, -0.2) is 4.98 Å². The second-order valence-corrected chi connectivity index (χ2v) is 7.94. The third-order valence-corrected chi connectivity index (χ3v) is 6.17. The number of rotatable bonds is 8. The molecule has 33 heavy (non-hydrogen) atoms. The van der Waals surface area contributed by atoms with E-state index in [0.29, 0.717) is 39.2 Å². The number of carbonyl (C=O) groups is 1. The summed E-state index contributed by atoms with van der Waals surface area (Å²) in [6.07, 6.45) is 3.41. The summed E-state index contributed by atoms with van der Waals surface area (Å²) in [5, 5.41) is 0.492. The van der Waals surface area contributed by atoms with Crippen LogP contribution in [0, 0.1) is 0 Å². The first-order valence-corrected chi connectivity index (χ1v) is 10.9. The molecule has 2 heterocycles. The standard InChI is InChI=1S/C24H23N3O5S/c1-29-16-7-8-18(30-2)17(12-16)23(28)27(14-15-6-5-11-25-13-15)24-26-21-19(31-3)9-10-20(32-4)22(21)33-24/h5-13H,14H2,1-4H3. The van der Waals surface area contributed by atoms with Gasteiger partial charge in [-0.05, 0) is 42.0 Å². The van der Waals surface area contributed by atoms with E-state index in [9.17, 15) is 4.79 Å². The Labute approximate surface area is 195 Å². The lowest BCUT2D eigenvalue weighted by atomic mass is 10.1. The molecule has 0 aliphatic heterocycles. The lowest BCUT2D eigenvalue weighted by Crippen LogP contribution is -2.30. The number of methoxy groups -OCH3 is 4. The molecular formula is C24H23N3O5S. The normalized spacial score (nSPS) is 10.7. The molecule has 0 aliphatic carbocycles. The molecule has 0 radical (unpaired) electrons. The molecule has 0 saturated carbocycles. The topological polar surface area (TPSA) is 83.0 Å². The van der Waals surface area contributed by atoms with Gasteiger partial charge in [0.15, 0.2) is 5.13 Å². The zero-order valence-corrected chi connectivity index (χ0v) is 19.5. The molecule has 0 fully saturated rings. The average molecular weight is 466 g/mol. The fraction of sp³-hybridized carbons (Fsp3) is 0.208. The minimum Gasteiger partial charge on any atom is -0.497 e. The molecule has 170 valence electrons. The third kappa shape index (κ3) is 4.40. The first-order chi connectivity index (χ1) is 16.1. The number of anilines is 1. The number of benzene rings is 2. The Bertz CT molecular complexity index is 1240. The van der Waals surface area contributed by atoms with Gasteiger partial charge in [0, 0.05) is 12.4 Å². The van der Waals surface area contributed by atoms with Gasteiger partial charge in [-0.3, -0.25) is 14.7 Å². The summed E-state index contributed by atoms with van der Waals surface area (Å²) < 4.78 is 22.6. The lowest BCUT2D eigenvalue weighted by molar-refractivity contribution is 0.0981. The van der Waals surface area contributed by atoms with Crippen LogP contribution in [0.5, 0.6) is 23.0 Å². The highest BCUT2D eigenvalue weighted by Gasteiger charge is 2.26. The Morgan fingerprint density at radius 1 is 0.939 bits per heavy atom. The minimum atomic E-state index is -0.286. The molecule has 0 spiro atoms. The number of thiazole rings is 1. The van der Waals surface area contributed by atoms with Gasteiger partial charge in [0.1, 0.15) is 33.2 Å². The number of carbonyl (C=O) groups excluding carboxylic acids is 1. The van der Waals surface area contributed by atoms with E-state index in [1.807, 2.05) is 18.2 Å². The van der Waals surface area contributed by atoms with Crippen molar-refractivity contribution in [3.05, 3.63) is 66.0 Å². The maximum atomic E-state index is 13.9. The monoisotopic (exact) mass is 465 g/mol. The van der Waals surface area contributed by atoms with Crippen LogP contribution in [0.2, 0.25) is 0 Å². The largest absolute Gasteiger partial charge is 0.497 e. The number of amides is 1. The summed E-state index contributed by atoms with van der Waals surface area (Å²) in [5.41, 5.74) is 1.84. The highest BCUT2D eigenvalue weighted by Crippen LogP contribution is 2.41. The molecule has 2 aromatic heterocycles. The number of hydrogen-bond donors (Lipinski definition) is 0. The van der Waals surface area contributed by atoms with Crippen molar-refractivity contribution >= 4 is 32.6 Å². The molecule has 0 bridgehead atoms. The van der Waals surface area contributed by atoms with Gasteiger partial charge >= 0.3 is 0 Å². The number of ether oxygens (including phenoxy) is 4. The maximum absolute atomic E-state index is 13.9. The molecule has 0 saturated heterocycles. The van der Waals surface area contributed by atoms with Gasteiger partial charge in [0.25, 0.3) is 5.91 Å². The van der Waals surface area contributed by atoms with Crippen LogP contribution in [-0.2, 0) is 6.54 Å². The molecule has 0 aliphatic rings. The molecule has 9 heteroatoms. The molecule has 0 atom stereocenters. The van der Waals surface area contributed by atoms with Crippen LogP contribution in [0.1, 0.15) is 15.9 Å². The zero-order valence-electron chi connectivity index (χ0n) is 18.7. The van der Waals surface area contributed by atoms with E-state index >= 15 is 0 Å². The highest BCUT2D eigenvalue weighted by atomic mass is 32.1. The van der Waals surface area contributed by atoms with Crippen molar-refractivity contribution in [3.63, 3.8) is 0 Å². The predicted molar refractivity (Wildman–Crippen MR) is 127 cm³/mol. The van der Waals surface area contributed by atoms with Gasteiger partial charge in [-0.15, -0.1) is 0 Å². The van der Waals surface area contributed by atoms with Gasteiger partial charge in [0.05, 0.1) is 40.5 Å². The first-order valence-electron chi connectivity index (χ1n) is 10.0. The molecule has 4 aromatic rings. The van der Waals surface area contributed by atoms with Crippen molar-refractivity contribution in [2.24, 2.45) is 0 Å². The van der Waals surface area contributed by atoms with E-state index in [4.69, 9.17) is 23.9 Å². The van der Waals surface area contributed by atoms with E-state index in [2.05, 4.69) is 4.98 Å². The first kappa shape index (κ1) is 22.3. The zero-order chi connectivity index (χ0) is 23.4. The number of aromatic nitrogens is 2. The molecule has 0 N–H and O–H groups in total. The predicted octanol–water partition coefficient (Wildman–Crippen LogP) is 4.57. The van der Waals surface area contributed by atoms with Crippen LogP contribution in [0.15, 0.2) is 54.9 Å². The van der Waals surface area contributed by atoms with Crippen molar-refractivity contribution in [2.75, 3.05) is 33.3 Å². The Morgan fingerprint density at radius 3 is 2.33 bits per heavy atom. The smallest absolute Gasteiger partial charge is 0.264 e. The van der Waals surface area contributed by atoms with E-state index in [1.54, 1.807) is 62.9 Å². The molecule has 8 nitrogen and oxygen atoms in total. The van der Waals surface area contributed by atoms with Crippen molar-refractivity contribution in [2.45, 2.75) is 6.54 Å². The maximum Gasteiger partial charge on any atom is 0.264 e. The van der Waals surface area contributed by atoms with Gasteiger partial charge in [-0.1, -0.05) is 17.4 Å². The fourth-order valence-corrected chi connectivity index (χ4v) is 4.49. The van der Waals surface area contributed by atoms with Crippen molar-refractivity contribution < 1.29 is 23.7 Å². The van der Waals surface area contributed by atoms with Crippen molar-refractivity contribution in [1.29, 1.82) is 0 Å². The Kier molecular flexibility index (Phi) is 6.60. The minimum absolute atomic E-state index is 0.261. The van der Waals surface area contributed by atoms with Crippen LogP contribution in [0.4, 0.5) is 5.13 Å². The summed E-state index contributed by atoms with van der Waals surface area (Å²) in [4.78, 5) is 24.4. The van der Waals surface area contributed by atoms with Crippen molar-refractivity contribution in [3.8, 4) is 23.0 Å². The molecule has 4 rings (SSSR count). The number of hydrogen-bond acceptors (Lipinski definition) is 8. The summed E-state index contributed by atoms with van der Waals surface area (Å²) in [5.74, 6) is 1.95. The van der Waals surface area contributed by atoms with E-state index in [-0.39, 0.29) is 12.5 Å². The van der Waals surface area contributed by atoms with Crippen LogP contribution >= 0.6 is 11.3 Å². The second-order valence-electron chi connectivity index (χ2n) is 6.96. The SMILES string of the molecule is COc1ccc(OC)c(C(=O)N(Cc2cccnc2)c2nc3c(OC)ccc(OC)c3s2)c1.